The van der Waals surface area contributed by atoms with Crippen LogP contribution in [-0.4, -0.2) is 47.6 Å². The Labute approximate surface area is 117 Å². The molecule has 1 amide bonds. The van der Waals surface area contributed by atoms with Crippen LogP contribution >= 0.6 is 11.8 Å². The predicted molar refractivity (Wildman–Crippen MR) is 73.0 cm³/mol. The number of aliphatic carboxylic acids is 1. The van der Waals surface area contributed by atoms with Crippen molar-refractivity contribution in [3.63, 3.8) is 0 Å². The van der Waals surface area contributed by atoms with Crippen LogP contribution < -0.4 is 5.32 Å². The minimum atomic E-state index is -0.859. The van der Waals surface area contributed by atoms with E-state index < -0.39 is 11.9 Å². The second kappa shape index (κ2) is 10.7. The number of carbonyl (C=O) groups excluding carboxylic acids is 2. The lowest BCUT2D eigenvalue weighted by Gasteiger charge is -2.07. The standard InChI is InChI=1S/C12H21NO5S/c1-3-18-11(15)5-4-6-13-10(14)8-19-7-9(2)12(16)17/h9H,3-8H2,1-2H3,(H,13,14)(H,16,17). The summed E-state index contributed by atoms with van der Waals surface area (Å²) in [5, 5.41) is 11.3. The summed E-state index contributed by atoms with van der Waals surface area (Å²) in [6.45, 7) is 4.14. The fraction of sp³-hybridized carbons (Fsp3) is 0.750. The van der Waals surface area contributed by atoms with Gasteiger partial charge in [-0.3, -0.25) is 14.4 Å². The largest absolute Gasteiger partial charge is 0.481 e. The number of carboxylic acid groups (broad SMARTS) is 1. The molecule has 1 unspecified atom stereocenters. The van der Waals surface area contributed by atoms with E-state index in [0.29, 0.717) is 25.3 Å². The highest BCUT2D eigenvalue weighted by Gasteiger charge is 2.11. The predicted octanol–water partition coefficient (Wildman–Crippen LogP) is 0.900. The Bertz CT molecular complexity index is 308. The molecule has 0 fully saturated rings. The van der Waals surface area contributed by atoms with Gasteiger partial charge in [-0.2, -0.15) is 11.8 Å². The summed E-state index contributed by atoms with van der Waals surface area (Å²) in [5.41, 5.74) is 0. The molecule has 0 spiro atoms. The Balaban J connectivity index is 3.50. The molecule has 0 saturated heterocycles. The summed E-state index contributed by atoms with van der Waals surface area (Å²) in [7, 11) is 0. The summed E-state index contributed by atoms with van der Waals surface area (Å²) in [5.74, 6) is -1.08. The fourth-order valence-corrected chi connectivity index (χ4v) is 2.05. The molecule has 0 aromatic rings. The van der Waals surface area contributed by atoms with Crippen molar-refractivity contribution in [2.24, 2.45) is 5.92 Å². The van der Waals surface area contributed by atoms with E-state index in [2.05, 4.69) is 5.32 Å². The average molecular weight is 291 g/mol. The summed E-state index contributed by atoms with van der Waals surface area (Å²) in [6, 6.07) is 0. The number of nitrogens with one attached hydrogen (secondary N) is 1. The normalized spacial score (nSPS) is 11.7. The molecule has 0 aliphatic carbocycles. The van der Waals surface area contributed by atoms with Gasteiger partial charge in [0.25, 0.3) is 0 Å². The van der Waals surface area contributed by atoms with Gasteiger partial charge in [0.15, 0.2) is 0 Å². The highest BCUT2D eigenvalue weighted by Crippen LogP contribution is 2.07. The second-order valence-corrected chi connectivity index (χ2v) is 5.04. The van der Waals surface area contributed by atoms with Crippen molar-refractivity contribution in [1.82, 2.24) is 5.32 Å². The van der Waals surface area contributed by atoms with Crippen molar-refractivity contribution in [2.45, 2.75) is 26.7 Å². The van der Waals surface area contributed by atoms with Crippen LogP contribution in [0.4, 0.5) is 0 Å². The zero-order chi connectivity index (χ0) is 14.7. The van der Waals surface area contributed by atoms with Gasteiger partial charge in [-0.25, -0.2) is 0 Å². The van der Waals surface area contributed by atoms with Gasteiger partial charge in [0, 0.05) is 18.7 Å². The number of thioether (sulfide) groups is 1. The molecular weight excluding hydrogens is 270 g/mol. The lowest BCUT2D eigenvalue weighted by Crippen LogP contribution is -2.27. The van der Waals surface area contributed by atoms with Gasteiger partial charge in [0.2, 0.25) is 5.91 Å². The van der Waals surface area contributed by atoms with E-state index in [4.69, 9.17) is 9.84 Å². The van der Waals surface area contributed by atoms with Gasteiger partial charge in [-0.05, 0) is 13.3 Å². The van der Waals surface area contributed by atoms with E-state index in [-0.39, 0.29) is 24.1 Å². The lowest BCUT2D eigenvalue weighted by atomic mass is 10.2. The van der Waals surface area contributed by atoms with Crippen LogP contribution in [-0.2, 0) is 19.1 Å². The Hall–Kier alpha value is -1.24. The second-order valence-electron chi connectivity index (χ2n) is 4.01. The molecule has 2 N–H and O–H groups in total. The van der Waals surface area contributed by atoms with Crippen LogP contribution in [0, 0.1) is 5.92 Å². The third-order valence-electron chi connectivity index (χ3n) is 2.21. The van der Waals surface area contributed by atoms with Crippen molar-refractivity contribution >= 4 is 29.6 Å². The van der Waals surface area contributed by atoms with E-state index in [1.165, 1.54) is 11.8 Å². The SMILES string of the molecule is CCOC(=O)CCCNC(=O)CSCC(C)C(=O)O. The topological polar surface area (TPSA) is 92.7 Å². The van der Waals surface area contributed by atoms with Crippen molar-refractivity contribution in [1.29, 1.82) is 0 Å². The number of carbonyl (C=O) groups is 3. The average Bonchev–Trinajstić information content (AvgIpc) is 2.34. The first-order valence-electron chi connectivity index (χ1n) is 6.20. The van der Waals surface area contributed by atoms with Gasteiger partial charge >= 0.3 is 11.9 Å². The molecule has 0 aliphatic heterocycles. The minimum absolute atomic E-state index is 0.147. The lowest BCUT2D eigenvalue weighted by molar-refractivity contribution is -0.143. The highest BCUT2D eigenvalue weighted by molar-refractivity contribution is 7.99. The smallest absolute Gasteiger partial charge is 0.307 e. The number of esters is 1. The molecule has 6 nitrogen and oxygen atoms in total. The Kier molecular flexibility index (Phi) is 9.97. The van der Waals surface area contributed by atoms with Crippen LogP contribution in [0.5, 0.6) is 0 Å². The van der Waals surface area contributed by atoms with Gasteiger partial charge < -0.3 is 15.2 Å². The molecule has 0 radical (unpaired) electrons. The number of carboxylic acids is 1. The maximum atomic E-state index is 11.4. The number of amides is 1. The maximum absolute atomic E-state index is 11.4. The van der Waals surface area contributed by atoms with E-state index in [1.54, 1.807) is 13.8 Å². The van der Waals surface area contributed by atoms with Crippen LogP contribution in [0.25, 0.3) is 0 Å². The van der Waals surface area contributed by atoms with E-state index in [9.17, 15) is 14.4 Å². The van der Waals surface area contributed by atoms with Crippen molar-refractivity contribution in [2.75, 3.05) is 24.7 Å². The van der Waals surface area contributed by atoms with Gasteiger partial charge in [0.1, 0.15) is 0 Å². The van der Waals surface area contributed by atoms with E-state index in [0.717, 1.165) is 0 Å². The van der Waals surface area contributed by atoms with Crippen LogP contribution in [0.1, 0.15) is 26.7 Å². The Morgan fingerprint density at radius 3 is 2.63 bits per heavy atom. The minimum Gasteiger partial charge on any atom is -0.481 e. The highest BCUT2D eigenvalue weighted by atomic mass is 32.2. The van der Waals surface area contributed by atoms with Crippen molar-refractivity contribution in [3.05, 3.63) is 0 Å². The number of hydrogen-bond acceptors (Lipinski definition) is 5. The molecule has 0 heterocycles. The van der Waals surface area contributed by atoms with E-state index >= 15 is 0 Å². The fourth-order valence-electron chi connectivity index (χ4n) is 1.14. The summed E-state index contributed by atoms with van der Waals surface area (Å²) in [4.78, 5) is 32.9. The Morgan fingerprint density at radius 1 is 1.37 bits per heavy atom. The van der Waals surface area contributed by atoms with Gasteiger partial charge in [0.05, 0.1) is 18.3 Å². The van der Waals surface area contributed by atoms with Crippen molar-refractivity contribution < 1.29 is 24.2 Å². The molecule has 19 heavy (non-hydrogen) atoms. The molecule has 0 saturated carbocycles. The molecular formula is C12H21NO5S. The molecule has 0 aliphatic rings. The third-order valence-corrected chi connectivity index (χ3v) is 3.41. The quantitative estimate of drug-likeness (QED) is 0.459. The van der Waals surface area contributed by atoms with Crippen LogP contribution in [0.2, 0.25) is 0 Å². The first-order chi connectivity index (χ1) is 8.97. The van der Waals surface area contributed by atoms with Crippen molar-refractivity contribution in [3.8, 4) is 0 Å². The van der Waals surface area contributed by atoms with Crippen LogP contribution in [0.15, 0.2) is 0 Å². The first-order valence-corrected chi connectivity index (χ1v) is 7.35. The monoisotopic (exact) mass is 291 g/mol. The summed E-state index contributed by atoms with van der Waals surface area (Å²) < 4.78 is 4.75. The number of rotatable bonds is 10. The third kappa shape index (κ3) is 10.4. The van der Waals surface area contributed by atoms with Gasteiger partial charge in [-0.1, -0.05) is 6.92 Å². The Morgan fingerprint density at radius 2 is 2.05 bits per heavy atom. The molecule has 7 heteroatoms. The number of ether oxygens (including phenoxy) is 1. The van der Waals surface area contributed by atoms with Gasteiger partial charge in [-0.15, -0.1) is 0 Å². The molecule has 0 aromatic heterocycles. The van der Waals surface area contributed by atoms with Crippen LogP contribution in [0.3, 0.4) is 0 Å². The molecule has 0 rings (SSSR count). The molecule has 0 aromatic carbocycles. The van der Waals surface area contributed by atoms with E-state index in [1.807, 2.05) is 0 Å². The summed E-state index contributed by atoms with van der Waals surface area (Å²) >= 11 is 1.29. The first kappa shape index (κ1) is 17.8. The maximum Gasteiger partial charge on any atom is 0.307 e. The zero-order valence-corrected chi connectivity index (χ0v) is 12.1. The molecule has 110 valence electrons. The summed E-state index contributed by atoms with van der Waals surface area (Å²) in [6.07, 6.45) is 0.831. The molecule has 0 bridgehead atoms. The zero-order valence-electron chi connectivity index (χ0n) is 11.3. The molecule has 1 atom stereocenters. The number of hydrogen-bond donors (Lipinski definition) is 2.